The first kappa shape index (κ1) is 14.0. The average Bonchev–Trinajstić information content (AvgIpc) is 2.95. The van der Waals surface area contributed by atoms with Crippen molar-refractivity contribution in [1.29, 1.82) is 0 Å². The Bertz CT molecular complexity index is 648. The van der Waals surface area contributed by atoms with Crippen LogP contribution in [0.4, 0.5) is 10.8 Å². The molecule has 0 saturated heterocycles. The molecule has 0 saturated carbocycles. The third-order valence-corrected chi connectivity index (χ3v) is 4.59. The zero-order chi connectivity index (χ0) is 14.7. The highest BCUT2D eigenvalue weighted by molar-refractivity contribution is 7.14. The van der Waals surface area contributed by atoms with Crippen molar-refractivity contribution in [1.82, 2.24) is 4.98 Å². The van der Waals surface area contributed by atoms with Gasteiger partial charge >= 0.3 is 0 Å². The van der Waals surface area contributed by atoms with E-state index >= 15 is 0 Å². The van der Waals surface area contributed by atoms with E-state index in [2.05, 4.69) is 17.1 Å². The Morgan fingerprint density at radius 3 is 2.71 bits per heavy atom. The smallest absolute Gasteiger partial charge is 0.236 e. The number of aryl methyl sites for hydroxylation is 1. The number of anilines is 2. The Morgan fingerprint density at radius 2 is 2.10 bits per heavy atom. The predicted molar refractivity (Wildman–Crippen MR) is 86.9 cm³/mol. The van der Waals surface area contributed by atoms with Crippen LogP contribution in [-0.2, 0) is 4.79 Å². The molecule has 1 aromatic carbocycles. The second-order valence-electron chi connectivity index (χ2n) is 5.26. The highest BCUT2D eigenvalue weighted by Crippen LogP contribution is 2.32. The van der Waals surface area contributed by atoms with Gasteiger partial charge in [-0.1, -0.05) is 30.4 Å². The summed E-state index contributed by atoms with van der Waals surface area (Å²) in [4.78, 5) is 19.3. The predicted octanol–water partition coefficient (Wildman–Crippen LogP) is 4.47. The van der Waals surface area contributed by atoms with Crippen LogP contribution < -0.4 is 4.90 Å². The zero-order valence-corrected chi connectivity index (χ0v) is 12.8. The largest absolute Gasteiger partial charge is 0.274 e. The maximum atomic E-state index is 13.0. The van der Waals surface area contributed by atoms with Crippen molar-refractivity contribution in [2.75, 3.05) is 4.90 Å². The molecule has 21 heavy (non-hydrogen) atoms. The standard InChI is InChI=1S/C17H18N2OS/c1-13-12-21-17(18-13)19(15-10-6-3-7-11-15)16(20)14-8-4-2-5-9-14/h2-4,6-7,10-12,14H,5,8-9H2,1H3. The molecule has 2 aromatic rings. The van der Waals surface area contributed by atoms with E-state index in [0.717, 1.165) is 35.8 Å². The molecular weight excluding hydrogens is 280 g/mol. The van der Waals surface area contributed by atoms with Gasteiger partial charge in [-0.15, -0.1) is 11.3 Å². The van der Waals surface area contributed by atoms with Crippen LogP contribution in [0.3, 0.4) is 0 Å². The summed E-state index contributed by atoms with van der Waals surface area (Å²) in [6.07, 6.45) is 7.00. The van der Waals surface area contributed by atoms with Crippen LogP contribution in [0.15, 0.2) is 47.9 Å². The molecule has 1 atom stereocenters. The summed E-state index contributed by atoms with van der Waals surface area (Å²) < 4.78 is 0. The molecule has 1 aliphatic rings. The third-order valence-electron chi connectivity index (χ3n) is 3.65. The Kier molecular flexibility index (Phi) is 4.15. The van der Waals surface area contributed by atoms with Crippen molar-refractivity contribution < 1.29 is 4.79 Å². The van der Waals surface area contributed by atoms with Gasteiger partial charge in [-0.25, -0.2) is 4.98 Å². The first-order valence-electron chi connectivity index (χ1n) is 7.22. The van der Waals surface area contributed by atoms with Crippen molar-refractivity contribution >= 4 is 28.1 Å². The quantitative estimate of drug-likeness (QED) is 0.783. The number of rotatable bonds is 3. The van der Waals surface area contributed by atoms with Crippen LogP contribution in [-0.4, -0.2) is 10.9 Å². The molecule has 0 radical (unpaired) electrons. The summed E-state index contributed by atoms with van der Waals surface area (Å²) in [6.45, 7) is 1.96. The van der Waals surface area contributed by atoms with Crippen molar-refractivity contribution in [3.63, 3.8) is 0 Å². The lowest BCUT2D eigenvalue weighted by Crippen LogP contribution is -2.32. The first-order valence-corrected chi connectivity index (χ1v) is 8.10. The topological polar surface area (TPSA) is 33.2 Å². The molecule has 0 spiro atoms. The second-order valence-corrected chi connectivity index (χ2v) is 6.10. The molecule has 0 N–H and O–H groups in total. The van der Waals surface area contributed by atoms with E-state index in [4.69, 9.17) is 0 Å². The molecule has 0 fully saturated rings. The lowest BCUT2D eigenvalue weighted by Gasteiger charge is -2.26. The van der Waals surface area contributed by atoms with Crippen LogP contribution in [0.25, 0.3) is 0 Å². The highest BCUT2D eigenvalue weighted by Gasteiger charge is 2.28. The van der Waals surface area contributed by atoms with Gasteiger partial charge in [0.05, 0.1) is 11.4 Å². The maximum absolute atomic E-state index is 13.0. The van der Waals surface area contributed by atoms with Crippen LogP contribution in [0.5, 0.6) is 0 Å². The zero-order valence-electron chi connectivity index (χ0n) is 12.0. The number of hydrogen-bond donors (Lipinski definition) is 0. The van der Waals surface area contributed by atoms with Gasteiger partial charge < -0.3 is 0 Å². The fourth-order valence-corrected chi connectivity index (χ4v) is 3.38. The minimum atomic E-state index is 0.0550. The molecule has 1 aliphatic carbocycles. The molecule has 108 valence electrons. The van der Waals surface area contributed by atoms with Crippen molar-refractivity contribution in [2.24, 2.45) is 5.92 Å². The van der Waals surface area contributed by atoms with E-state index in [0.29, 0.717) is 0 Å². The number of nitrogens with zero attached hydrogens (tertiary/aromatic N) is 2. The number of aromatic nitrogens is 1. The Hall–Kier alpha value is -1.94. The van der Waals surface area contributed by atoms with E-state index in [1.165, 1.54) is 11.3 Å². The summed E-state index contributed by atoms with van der Waals surface area (Å²) in [5.41, 5.74) is 1.85. The van der Waals surface area contributed by atoms with Gasteiger partial charge in [-0.2, -0.15) is 0 Å². The summed E-state index contributed by atoms with van der Waals surface area (Å²) in [7, 11) is 0. The number of carbonyl (C=O) groups is 1. The summed E-state index contributed by atoms with van der Waals surface area (Å²) in [6, 6.07) is 9.80. The monoisotopic (exact) mass is 298 g/mol. The van der Waals surface area contributed by atoms with Crippen LogP contribution in [0.2, 0.25) is 0 Å². The molecule has 0 bridgehead atoms. The minimum absolute atomic E-state index is 0.0550. The molecule has 1 amide bonds. The number of thiazole rings is 1. The van der Waals surface area contributed by atoms with E-state index in [9.17, 15) is 4.79 Å². The van der Waals surface area contributed by atoms with E-state index in [-0.39, 0.29) is 11.8 Å². The molecule has 3 nitrogen and oxygen atoms in total. The first-order chi connectivity index (χ1) is 10.3. The van der Waals surface area contributed by atoms with Gasteiger partial charge in [-0.05, 0) is 38.3 Å². The van der Waals surface area contributed by atoms with Gasteiger partial charge in [0.1, 0.15) is 0 Å². The summed E-state index contributed by atoms with van der Waals surface area (Å²) in [5, 5.41) is 2.75. The maximum Gasteiger partial charge on any atom is 0.236 e. The summed E-state index contributed by atoms with van der Waals surface area (Å²) >= 11 is 1.52. The van der Waals surface area contributed by atoms with Crippen molar-refractivity contribution in [2.45, 2.75) is 26.2 Å². The van der Waals surface area contributed by atoms with Gasteiger partial charge in [-0.3, -0.25) is 9.69 Å². The third kappa shape index (κ3) is 3.05. The summed E-state index contributed by atoms with van der Waals surface area (Å²) in [5.74, 6) is 0.208. The Balaban J connectivity index is 1.96. The normalized spacial score (nSPS) is 17.7. The lowest BCUT2D eigenvalue weighted by molar-refractivity contribution is -0.121. The Labute approximate surface area is 128 Å². The number of allylic oxidation sites excluding steroid dienone is 2. The van der Waals surface area contributed by atoms with Gasteiger partial charge in [0.15, 0.2) is 5.13 Å². The lowest BCUT2D eigenvalue weighted by atomic mass is 9.93. The molecule has 1 aromatic heterocycles. The van der Waals surface area contributed by atoms with E-state index in [1.54, 1.807) is 4.90 Å². The SMILES string of the molecule is Cc1csc(N(C(=O)C2CC=CCC2)c2ccccc2)n1. The highest BCUT2D eigenvalue weighted by atomic mass is 32.1. The average molecular weight is 298 g/mol. The minimum Gasteiger partial charge on any atom is -0.274 e. The van der Waals surface area contributed by atoms with Crippen molar-refractivity contribution in [3.05, 3.63) is 53.6 Å². The molecule has 0 aliphatic heterocycles. The van der Waals surface area contributed by atoms with Gasteiger partial charge in [0.2, 0.25) is 5.91 Å². The number of carbonyl (C=O) groups excluding carboxylic acids is 1. The number of benzene rings is 1. The second kappa shape index (κ2) is 6.22. The molecular formula is C17H18N2OS. The fraction of sp³-hybridized carbons (Fsp3) is 0.294. The van der Waals surface area contributed by atoms with Gasteiger partial charge in [0, 0.05) is 11.3 Å². The number of amides is 1. The fourth-order valence-electron chi connectivity index (χ4n) is 2.55. The molecule has 1 heterocycles. The molecule has 3 rings (SSSR count). The van der Waals surface area contributed by atoms with Crippen LogP contribution in [0.1, 0.15) is 25.0 Å². The molecule has 4 heteroatoms. The number of hydrogen-bond acceptors (Lipinski definition) is 3. The Morgan fingerprint density at radius 1 is 1.29 bits per heavy atom. The molecule has 1 unspecified atom stereocenters. The van der Waals surface area contributed by atoms with Crippen LogP contribution in [0, 0.1) is 12.8 Å². The van der Waals surface area contributed by atoms with Gasteiger partial charge in [0.25, 0.3) is 0 Å². The van der Waals surface area contributed by atoms with E-state index in [1.807, 2.05) is 42.6 Å². The van der Waals surface area contributed by atoms with Crippen LogP contribution >= 0.6 is 11.3 Å². The van der Waals surface area contributed by atoms with Crippen molar-refractivity contribution in [3.8, 4) is 0 Å². The van der Waals surface area contributed by atoms with E-state index < -0.39 is 0 Å². The number of para-hydroxylation sites is 1.